The zero-order valence-electron chi connectivity index (χ0n) is 12.6. The Morgan fingerprint density at radius 1 is 1.35 bits per heavy atom. The van der Waals surface area contributed by atoms with Crippen molar-refractivity contribution in [3.8, 4) is 0 Å². The quantitative estimate of drug-likeness (QED) is 0.908. The number of H-pyrrole nitrogens is 1. The maximum Gasteiger partial charge on any atom is 0.0674 e. The molecule has 2 aliphatic heterocycles. The van der Waals surface area contributed by atoms with Gasteiger partial charge in [0.1, 0.15) is 0 Å². The monoisotopic (exact) mass is 278 g/mol. The van der Waals surface area contributed by atoms with Gasteiger partial charge < -0.3 is 4.74 Å². The number of nitrogens with zero attached hydrogens (tertiary/aromatic N) is 3. The highest BCUT2D eigenvalue weighted by Crippen LogP contribution is 2.20. The Morgan fingerprint density at radius 2 is 2.15 bits per heavy atom. The molecule has 112 valence electrons. The van der Waals surface area contributed by atoms with Gasteiger partial charge in [0.25, 0.3) is 0 Å². The number of nitrogens with one attached hydrogen (secondary N) is 1. The number of hydrogen-bond acceptors (Lipinski definition) is 4. The van der Waals surface area contributed by atoms with E-state index in [-0.39, 0.29) is 0 Å². The molecule has 3 heterocycles. The maximum atomic E-state index is 5.64. The zero-order valence-corrected chi connectivity index (χ0v) is 12.6. The summed E-state index contributed by atoms with van der Waals surface area (Å²) in [6.45, 7) is 10.8. The molecular formula is C15H26N4O. The zero-order chi connectivity index (χ0) is 13.9. The van der Waals surface area contributed by atoms with Gasteiger partial charge >= 0.3 is 0 Å². The minimum absolute atomic E-state index is 0.398. The molecule has 1 aromatic rings. The molecule has 3 rings (SSSR count). The molecule has 0 aromatic carbocycles. The fourth-order valence-electron chi connectivity index (χ4n) is 3.38. The molecule has 1 N–H and O–H groups in total. The first kappa shape index (κ1) is 14.0. The van der Waals surface area contributed by atoms with E-state index in [4.69, 9.17) is 4.74 Å². The third kappa shape index (κ3) is 3.22. The molecule has 0 saturated carbocycles. The lowest BCUT2D eigenvalue weighted by atomic mass is 10.0. The van der Waals surface area contributed by atoms with Gasteiger partial charge in [0.2, 0.25) is 0 Å². The molecule has 5 heteroatoms. The van der Waals surface area contributed by atoms with E-state index in [1.807, 2.05) is 6.20 Å². The SMILES string of the molecule is Cc1cn[nH]c1CN1CCC(N2CCOC(C)C2)CC1. The third-order valence-corrected chi connectivity index (χ3v) is 4.66. The summed E-state index contributed by atoms with van der Waals surface area (Å²) in [6, 6.07) is 0.750. The summed E-state index contributed by atoms with van der Waals surface area (Å²) >= 11 is 0. The highest BCUT2D eigenvalue weighted by molar-refractivity contribution is 5.13. The average molecular weight is 278 g/mol. The van der Waals surface area contributed by atoms with Crippen LogP contribution in [0.15, 0.2) is 6.20 Å². The van der Waals surface area contributed by atoms with Gasteiger partial charge in [0.15, 0.2) is 0 Å². The smallest absolute Gasteiger partial charge is 0.0674 e. The van der Waals surface area contributed by atoms with E-state index >= 15 is 0 Å². The third-order valence-electron chi connectivity index (χ3n) is 4.66. The first-order chi connectivity index (χ1) is 9.72. The van der Waals surface area contributed by atoms with Gasteiger partial charge in [-0.25, -0.2) is 0 Å². The van der Waals surface area contributed by atoms with Crippen LogP contribution >= 0.6 is 0 Å². The molecule has 0 bridgehead atoms. The lowest BCUT2D eigenvalue weighted by Gasteiger charge is -2.41. The molecule has 2 saturated heterocycles. The van der Waals surface area contributed by atoms with Crippen LogP contribution in [0.1, 0.15) is 31.0 Å². The van der Waals surface area contributed by atoms with Gasteiger partial charge in [-0.05, 0) is 32.3 Å². The summed E-state index contributed by atoms with van der Waals surface area (Å²) in [5.41, 5.74) is 2.54. The van der Waals surface area contributed by atoms with Crippen LogP contribution in [0.2, 0.25) is 0 Å². The summed E-state index contributed by atoms with van der Waals surface area (Å²) in [6.07, 6.45) is 4.87. The van der Waals surface area contributed by atoms with Crippen molar-refractivity contribution in [3.05, 3.63) is 17.5 Å². The Balaban J connectivity index is 1.48. The van der Waals surface area contributed by atoms with Crippen LogP contribution in [0, 0.1) is 6.92 Å². The number of aromatic nitrogens is 2. The van der Waals surface area contributed by atoms with Crippen LogP contribution in [-0.2, 0) is 11.3 Å². The molecule has 5 nitrogen and oxygen atoms in total. The van der Waals surface area contributed by atoms with Crippen molar-refractivity contribution in [2.24, 2.45) is 0 Å². The van der Waals surface area contributed by atoms with Crippen LogP contribution in [0.3, 0.4) is 0 Å². The highest BCUT2D eigenvalue weighted by Gasteiger charge is 2.27. The summed E-state index contributed by atoms with van der Waals surface area (Å²) in [4.78, 5) is 5.17. The van der Waals surface area contributed by atoms with Crippen molar-refractivity contribution < 1.29 is 4.74 Å². The predicted octanol–water partition coefficient (Wildman–Crippen LogP) is 1.40. The van der Waals surface area contributed by atoms with E-state index in [1.165, 1.54) is 37.2 Å². The number of likely N-dealkylation sites (tertiary alicyclic amines) is 1. The lowest BCUT2D eigenvalue weighted by molar-refractivity contribution is -0.0438. The number of piperidine rings is 1. The molecule has 1 unspecified atom stereocenters. The topological polar surface area (TPSA) is 44.4 Å². The van der Waals surface area contributed by atoms with E-state index in [9.17, 15) is 0 Å². The standard InChI is InChI=1S/C15H26N4O/c1-12-9-16-17-15(12)11-18-5-3-14(4-6-18)19-7-8-20-13(2)10-19/h9,13-14H,3-8,10-11H2,1-2H3,(H,16,17). The van der Waals surface area contributed by atoms with E-state index < -0.39 is 0 Å². The van der Waals surface area contributed by atoms with Crippen molar-refractivity contribution in [1.29, 1.82) is 0 Å². The minimum atomic E-state index is 0.398. The predicted molar refractivity (Wildman–Crippen MR) is 78.6 cm³/mol. The van der Waals surface area contributed by atoms with Crippen LogP contribution in [0.5, 0.6) is 0 Å². The van der Waals surface area contributed by atoms with Crippen LogP contribution in [0.25, 0.3) is 0 Å². The lowest BCUT2D eigenvalue weighted by Crippen LogP contribution is -2.50. The number of morpholine rings is 1. The first-order valence-corrected chi connectivity index (χ1v) is 7.79. The summed E-state index contributed by atoms with van der Waals surface area (Å²) in [5.74, 6) is 0. The minimum Gasteiger partial charge on any atom is -0.376 e. The average Bonchev–Trinajstić information content (AvgIpc) is 2.85. The molecular weight excluding hydrogens is 252 g/mol. The Hall–Kier alpha value is -0.910. The highest BCUT2D eigenvalue weighted by atomic mass is 16.5. The fraction of sp³-hybridized carbons (Fsp3) is 0.800. The molecule has 0 amide bonds. The van der Waals surface area contributed by atoms with Gasteiger partial charge in [-0.15, -0.1) is 0 Å². The summed E-state index contributed by atoms with van der Waals surface area (Å²) in [7, 11) is 0. The van der Waals surface area contributed by atoms with E-state index in [2.05, 4.69) is 33.8 Å². The number of rotatable bonds is 3. The van der Waals surface area contributed by atoms with E-state index in [0.717, 1.165) is 32.3 Å². The molecule has 20 heavy (non-hydrogen) atoms. The van der Waals surface area contributed by atoms with Crippen LogP contribution in [-0.4, -0.2) is 64.9 Å². The number of aryl methyl sites for hydroxylation is 1. The van der Waals surface area contributed by atoms with Gasteiger partial charge in [0.05, 0.1) is 24.6 Å². The Kier molecular flexibility index (Phi) is 4.38. The second-order valence-electron chi connectivity index (χ2n) is 6.22. The number of hydrogen-bond donors (Lipinski definition) is 1. The van der Waals surface area contributed by atoms with Crippen molar-refractivity contribution in [2.45, 2.75) is 45.4 Å². The maximum absolute atomic E-state index is 5.64. The van der Waals surface area contributed by atoms with Gasteiger partial charge in [-0.1, -0.05) is 0 Å². The summed E-state index contributed by atoms with van der Waals surface area (Å²) < 4.78 is 5.64. The van der Waals surface area contributed by atoms with Crippen molar-refractivity contribution in [1.82, 2.24) is 20.0 Å². The molecule has 2 aliphatic rings. The van der Waals surface area contributed by atoms with Crippen molar-refractivity contribution in [3.63, 3.8) is 0 Å². The molecule has 1 atom stereocenters. The van der Waals surface area contributed by atoms with Gasteiger partial charge in [-0.2, -0.15) is 5.10 Å². The first-order valence-electron chi connectivity index (χ1n) is 7.79. The van der Waals surface area contributed by atoms with Crippen molar-refractivity contribution >= 4 is 0 Å². The largest absolute Gasteiger partial charge is 0.376 e. The van der Waals surface area contributed by atoms with Crippen molar-refractivity contribution in [2.75, 3.05) is 32.8 Å². The molecule has 0 spiro atoms. The molecule has 2 fully saturated rings. The normalized spacial score (nSPS) is 27.0. The molecule has 1 aromatic heterocycles. The summed E-state index contributed by atoms with van der Waals surface area (Å²) in [5, 5.41) is 7.22. The number of ether oxygens (including phenoxy) is 1. The van der Waals surface area contributed by atoms with Gasteiger partial charge in [-0.3, -0.25) is 14.9 Å². The van der Waals surface area contributed by atoms with E-state index in [0.29, 0.717) is 6.10 Å². The second kappa shape index (κ2) is 6.24. The molecule has 0 radical (unpaired) electrons. The molecule has 0 aliphatic carbocycles. The van der Waals surface area contributed by atoms with Crippen LogP contribution < -0.4 is 0 Å². The Bertz CT molecular complexity index is 425. The number of aromatic amines is 1. The Morgan fingerprint density at radius 3 is 2.80 bits per heavy atom. The van der Waals surface area contributed by atoms with Crippen LogP contribution in [0.4, 0.5) is 0 Å². The van der Waals surface area contributed by atoms with Gasteiger partial charge in [0, 0.05) is 38.8 Å². The second-order valence-corrected chi connectivity index (χ2v) is 6.22. The Labute approximate surface area is 121 Å². The van der Waals surface area contributed by atoms with E-state index in [1.54, 1.807) is 0 Å². The fourth-order valence-corrected chi connectivity index (χ4v) is 3.38.